The van der Waals surface area contributed by atoms with E-state index in [2.05, 4.69) is 58.2 Å². The number of allylic oxidation sites excluding steroid dienone is 1. The van der Waals surface area contributed by atoms with Crippen LogP contribution in [0.25, 0.3) is 0 Å². The third-order valence-electron chi connectivity index (χ3n) is 2.96. The van der Waals surface area contributed by atoms with Gasteiger partial charge in [-0.15, -0.1) is 0 Å². The molecule has 0 saturated carbocycles. The molecule has 118 valence electrons. The maximum absolute atomic E-state index is 12.0. The molecule has 0 spiro atoms. The summed E-state index contributed by atoms with van der Waals surface area (Å²) in [6, 6.07) is 0. The molecule has 0 rings (SSSR count). The zero-order chi connectivity index (χ0) is 15.6. The summed E-state index contributed by atoms with van der Waals surface area (Å²) in [5, 5.41) is 0. The van der Waals surface area contributed by atoms with Gasteiger partial charge in [-0.05, 0) is 62.3 Å². The standard InChI is InChI=1S/C16H28I2O2/c1-5-6-7-8-9-10-14(11-13(18)12-17)20-15(19)16(2,3)4/h11,14H,5-10,12H2,1-4H3/b13-11-. The molecular weight excluding hydrogens is 478 g/mol. The lowest BCUT2D eigenvalue weighted by Crippen LogP contribution is -2.27. The largest absolute Gasteiger partial charge is 0.458 e. The number of alkyl halides is 1. The molecule has 0 aromatic rings. The van der Waals surface area contributed by atoms with Crippen molar-refractivity contribution in [1.82, 2.24) is 0 Å². The zero-order valence-corrected chi connectivity index (χ0v) is 17.5. The van der Waals surface area contributed by atoms with Crippen molar-refractivity contribution in [2.24, 2.45) is 5.41 Å². The molecule has 0 fully saturated rings. The first kappa shape index (κ1) is 20.7. The molecule has 0 aromatic heterocycles. The molecule has 0 radical (unpaired) electrons. The highest BCUT2D eigenvalue weighted by Gasteiger charge is 2.25. The monoisotopic (exact) mass is 506 g/mol. The third-order valence-corrected chi connectivity index (χ3v) is 5.98. The summed E-state index contributed by atoms with van der Waals surface area (Å²) in [6.45, 7) is 7.93. The van der Waals surface area contributed by atoms with E-state index in [0.29, 0.717) is 0 Å². The van der Waals surface area contributed by atoms with Gasteiger partial charge in [0.15, 0.2) is 0 Å². The Hall–Kier alpha value is 0.670. The quantitative estimate of drug-likeness (QED) is 0.165. The molecular formula is C16H28I2O2. The van der Waals surface area contributed by atoms with Gasteiger partial charge in [0.25, 0.3) is 0 Å². The molecule has 20 heavy (non-hydrogen) atoms. The Morgan fingerprint density at radius 1 is 1.20 bits per heavy atom. The maximum atomic E-state index is 12.0. The molecule has 0 amide bonds. The Balaban J connectivity index is 4.39. The number of ether oxygens (including phenoxy) is 1. The van der Waals surface area contributed by atoms with Crippen LogP contribution >= 0.6 is 45.2 Å². The topological polar surface area (TPSA) is 26.3 Å². The minimum Gasteiger partial charge on any atom is -0.458 e. The Morgan fingerprint density at radius 3 is 2.30 bits per heavy atom. The minimum atomic E-state index is -0.427. The summed E-state index contributed by atoms with van der Waals surface area (Å²) in [5.41, 5.74) is -0.427. The first-order valence-electron chi connectivity index (χ1n) is 7.44. The van der Waals surface area contributed by atoms with Crippen LogP contribution in [0.1, 0.15) is 66.2 Å². The second-order valence-electron chi connectivity index (χ2n) is 6.14. The van der Waals surface area contributed by atoms with E-state index < -0.39 is 5.41 Å². The van der Waals surface area contributed by atoms with Gasteiger partial charge in [-0.2, -0.15) is 0 Å². The summed E-state index contributed by atoms with van der Waals surface area (Å²) in [4.78, 5) is 12.0. The Kier molecular flexibility index (Phi) is 11.6. The number of rotatable bonds is 9. The van der Waals surface area contributed by atoms with Crippen LogP contribution in [0.5, 0.6) is 0 Å². The van der Waals surface area contributed by atoms with Crippen LogP contribution in [0.2, 0.25) is 0 Å². The highest BCUT2D eigenvalue weighted by atomic mass is 127. The highest BCUT2D eigenvalue weighted by molar-refractivity contribution is 14.1. The van der Waals surface area contributed by atoms with Crippen LogP contribution < -0.4 is 0 Å². The minimum absolute atomic E-state index is 0.0648. The van der Waals surface area contributed by atoms with E-state index in [1.807, 2.05) is 20.8 Å². The molecule has 0 bridgehead atoms. The molecule has 0 aliphatic heterocycles. The molecule has 0 heterocycles. The fourth-order valence-corrected chi connectivity index (χ4v) is 2.34. The third kappa shape index (κ3) is 10.4. The van der Waals surface area contributed by atoms with Crippen molar-refractivity contribution in [3.05, 3.63) is 9.66 Å². The van der Waals surface area contributed by atoms with Crippen LogP contribution in [0.15, 0.2) is 9.66 Å². The molecule has 1 atom stereocenters. The molecule has 1 unspecified atom stereocenters. The number of hydrogen-bond acceptors (Lipinski definition) is 2. The summed E-state index contributed by atoms with van der Waals surface area (Å²) in [7, 11) is 0. The van der Waals surface area contributed by atoms with Crippen molar-refractivity contribution >= 4 is 51.2 Å². The van der Waals surface area contributed by atoms with Crippen LogP contribution in [0.3, 0.4) is 0 Å². The van der Waals surface area contributed by atoms with Gasteiger partial charge in [0.05, 0.1) is 5.41 Å². The van der Waals surface area contributed by atoms with Gasteiger partial charge in [0.2, 0.25) is 0 Å². The molecule has 0 N–H and O–H groups in total. The van der Waals surface area contributed by atoms with Gasteiger partial charge in [0.1, 0.15) is 6.10 Å². The van der Waals surface area contributed by atoms with Crippen molar-refractivity contribution in [2.75, 3.05) is 4.43 Å². The molecule has 0 aromatic carbocycles. The Morgan fingerprint density at radius 2 is 1.80 bits per heavy atom. The summed E-state index contributed by atoms with van der Waals surface area (Å²) in [6.07, 6.45) is 9.18. The molecule has 0 saturated heterocycles. The van der Waals surface area contributed by atoms with E-state index in [-0.39, 0.29) is 12.1 Å². The highest BCUT2D eigenvalue weighted by Crippen LogP contribution is 2.21. The number of unbranched alkanes of at least 4 members (excludes halogenated alkanes) is 4. The Bertz CT molecular complexity index is 306. The molecule has 0 aliphatic carbocycles. The Labute approximate surface area is 151 Å². The first-order chi connectivity index (χ1) is 9.31. The van der Waals surface area contributed by atoms with Crippen molar-refractivity contribution in [2.45, 2.75) is 72.3 Å². The van der Waals surface area contributed by atoms with E-state index in [1.165, 1.54) is 29.3 Å². The van der Waals surface area contributed by atoms with E-state index in [4.69, 9.17) is 4.74 Å². The predicted octanol–water partition coefficient (Wildman–Crippen LogP) is 6.06. The number of esters is 1. The van der Waals surface area contributed by atoms with E-state index >= 15 is 0 Å². The van der Waals surface area contributed by atoms with Crippen LogP contribution in [0.4, 0.5) is 0 Å². The van der Waals surface area contributed by atoms with Gasteiger partial charge in [0, 0.05) is 8.01 Å². The summed E-state index contributed by atoms with van der Waals surface area (Å²) >= 11 is 4.66. The van der Waals surface area contributed by atoms with Crippen molar-refractivity contribution in [1.29, 1.82) is 0 Å². The van der Waals surface area contributed by atoms with Gasteiger partial charge >= 0.3 is 5.97 Å². The van der Waals surface area contributed by atoms with Gasteiger partial charge in [-0.3, -0.25) is 4.79 Å². The fraction of sp³-hybridized carbons (Fsp3) is 0.812. The summed E-state index contributed by atoms with van der Waals surface area (Å²) < 4.78 is 7.89. The average molecular weight is 506 g/mol. The second kappa shape index (κ2) is 11.3. The smallest absolute Gasteiger partial charge is 0.311 e. The number of carbonyl (C=O) groups is 1. The van der Waals surface area contributed by atoms with Crippen LogP contribution in [-0.4, -0.2) is 16.5 Å². The van der Waals surface area contributed by atoms with E-state index in [1.54, 1.807) is 0 Å². The lowest BCUT2D eigenvalue weighted by Gasteiger charge is -2.22. The normalized spacial score (nSPS) is 14.2. The lowest BCUT2D eigenvalue weighted by atomic mass is 9.97. The zero-order valence-electron chi connectivity index (χ0n) is 13.2. The van der Waals surface area contributed by atoms with Crippen molar-refractivity contribution in [3.63, 3.8) is 0 Å². The SMILES string of the molecule is CCCCCCCC(/C=C(\I)CI)OC(=O)C(C)(C)C. The predicted molar refractivity (Wildman–Crippen MR) is 104 cm³/mol. The van der Waals surface area contributed by atoms with E-state index in [9.17, 15) is 4.79 Å². The number of halogens is 2. The first-order valence-corrected chi connectivity index (χ1v) is 10.0. The van der Waals surface area contributed by atoms with E-state index in [0.717, 1.165) is 17.3 Å². The van der Waals surface area contributed by atoms with Gasteiger partial charge in [-0.25, -0.2) is 0 Å². The van der Waals surface area contributed by atoms with Crippen molar-refractivity contribution < 1.29 is 9.53 Å². The van der Waals surface area contributed by atoms with Crippen molar-refractivity contribution in [3.8, 4) is 0 Å². The lowest BCUT2D eigenvalue weighted by molar-refractivity contribution is -0.156. The van der Waals surface area contributed by atoms with Crippen LogP contribution in [0, 0.1) is 5.41 Å². The molecule has 2 nitrogen and oxygen atoms in total. The average Bonchev–Trinajstić information content (AvgIpc) is 2.36. The second-order valence-corrected chi connectivity index (χ2v) is 8.29. The number of hydrogen-bond donors (Lipinski definition) is 0. The number of carbonyl (C=O) groups excluding carboxylic acids is 1. The van der Waals surface area contributed by atoms with Gasteiger partial charge < -0.3 is 4.74 Å². The maximum Gasteiger partial charge on any atom is 0.311 e. The summed E-state index contributed by atoms with van der Waals surface area (Å²) in [5.74, 6) is -0.107. The van der Waals surface area contributed by atoms with Crippen LogP contribution in [-0.2, 0) is 9.53 Å². The fourth-order valence-electron chi connectivity index (χ4n) is 1.69. The molecule has 4 heteroatoms. The molecule has 0 aliphatic rings. The van der Waals surface area contributed by atoms with Gasteiger partial charge in [-0.1, -0.05) is 55.2 Å².